The summed E-state index contributed by atoms with van der Waals surface area (Å²) in [5, 5.41) is 16.9. The van der Waals surface area contributed by atoms with Crippen LogP contribution in [-0.4, -0.2) is 35.5 Å². The Kier molecular flexibility index (Phi) is 4.52. The second-order valence-electron chi connectivity index (χ2n) is 5.34. The number of aromatic carboxylic acids is 1. The van der Waals surface area contributed by atoms with Crippen molar-refractivity contribution in [2.45, 2.75) is 0 Å². The Morgan fingerprint density at radius 1 is 1.16 bits per heavy atom. The molecule has 6 heteroatoms. The highest BCUT2D eigenvalue weighted by atomic mass is 16.4. The number of nitrogens with zero attached hydrogens (tertiary/aromatic N) is 3. The summed E-state index contributed by atoms with van der Waals surface area (Å²) in [5.41, 5.74) is 2.68. The molecule has 2 aromatic carbocycles. The molecule has 0 bridgehead atoms. The van der Waals surface area contributed by atoms with Crippen molar-refractivity contribution in [3.63, 3.8) is 0 Å². The van der Waals surface area contributed by atoms with Gasteiger partial charge < -0.3 is 10.0 Å². The molecule has 0 unspecified atom stereocenters. The van der Waals surface area contributed by atoms with E-state index in [2.05, 4.69) is 16.8 Å². The summed E-state index contributed by atoms with van der Waals surface area (Å²) in [6.45, 7) is 4.07. The molecule has 0 radical (unpaired) electrons. The van der Waals surface area contributed by atoms with Crippen LogP contribution in [0.5, 0.6) is 0 Å². The molecule has 6 nitrogen and oxygen atoms in total. The maximum Gasteiger partial charge on any atom is 0.335 e. The van der Waals surface area contributed by atoms with Gasteiger partial charge in [0.15, 0.2) is 5.71 Å². The normalized spacial score (nSPS) is 15.0. The fourth-order valence-corrected chi connectivity index (χ4v) is 2.53. The van der Waals surface area contributed by atoms with Crippen molar-refractivity contribution in [1.82, 2.24) is 0 Å². The first-order chi connectivity index (χ1) is 12.1. The van der Waals surface area contributed by atoms with Gasteiger partial charge in [-0.25, -0.2) is 4.79 Å². The fraction of sp³-hybridized carbons (Fsp3) is 0.0526. The molecule has 2 aromatic rings. The van der Waals surface area contributed by atoms with Crippen LogP contribution < -0.4 is 4.90 Å². The van der Waals surface area contributed by atoms with Gasteiger partial charge in [-0.05, 0) is 23.8 Å². The highest BCUT2D eigenvalue weighted by Crippen LogP contribution is 2.28. The SMILES string of the molecule is C=CCN1C(=O)/C(=N\N=C/c2ccc(C(=O)O)cc2)c2ccccc21. The van der Waals surface area contributed by atoms with Crippen LogP contribution in [-0.2, 0) is 4.79 Å². The van der Waals surface area contributed by atoms with Crippen LogP contribution in [0.3, 0.4) is 0 Å². The van der Waals surface area contributed by atoms with E-state index in [9.17, 15) is 9.59 Å². The van der Waals surface area contributed by atoms with Crippen LogP contribution in [0.15, 0.2) is 71.4 Å². The number of carbonyl (C=O) groups is 2. The molecule has 0 saturated heterocycles. The molecule has 25 heavy (non-hydrogen) atoms. The van der Waals surface area contributed by atoms with E-state index >= 15 is 0 Å². The molecule has 0 spiro atoms. The quantitative estimate of drug-likeness (QED) is 0.519. The lowest BCUT2D eigenvalue weighted by atomic mass is 10.1. The third-order valence-corrected chi connectivity index (χ3v) is 3.73. The van der Waals surface area contributed by atoms with E-state index in [4.69, 9.17) is 5.11 Å². The van der Waals surface area contributed by atoms with E-state index in [-0.39, 0.29) is 17.2 Å². The number of fused-ring (bicyclic) bond motifs is 1. The molecule has 0 atom stereocenters. The summed E-state index contributed by atoms with van der Waals surface area (Å²) in [4.78, 5) is 25.0. The molecule has 0 aromatic heterocycles. The summed E-state index contributed by atoms with van der Waals surface area (Å²) < 4.78 is 0. The van der Waals surface area contributed by atoms with Crippen molar-refractivity contribution >= 4 is 29.5 Å². The summed E-state index contributed by atoms with van der Waals surface area (Å²) in [5.74, 6) is -1.21. The minimum atomic E-state index is -0.987. The van der Waals surface area contributed by atoms with Crippen molar-refractivity contribution in [1.29, 1.82) is 0 Å². The number of para-hydroxylation sites is 1. The molecule has 1 heterocycles. The van der Waals surface area contributed by atoms with E-state index in [0.29, 0.717) is 12.1 Å². The smallest absolute Gasteiger partial charge is 0.335 e. The number of rotatable bonds is 5. The fourth-order valence-electron chi connectivity index (χ4n) is 2.53. The highest BCUT2D eigenvalue weighted by molar-refractivity contribution is 6.54. The number of hydrogen-bond acceptors (Lipinski definition) is 4. The minimum absolute atomic E-state index is 0.198. The molecule has 0 aliphatic carbocycles. The van der Waals surface area contributed by atoms with Crippen LogP contribution in [0, 0.1) is 0 Å². The van der Waals surface area contributed by atoms with Crippen molar-refractivity contribution in [3.05, 3.63) is 77.9 Å². The first-order valence-electron chi connectivity index (χ1n) is 7.58. The predicted molar refractivity (Wildman–Crippen MR) is 96.5 cm³/mol. The third-order valence-electron chi connectivity index (χ3n) is 3.73. The van der Waals surface area contributed by atoms with Crippen molar-refractivity contribution in [3.8, 4) is 0 Å². The number of benzene rings is 2. The topological polar surface area (TPSA) is 82.3 Å². The zero-order valence-corrected chi connectivity index (χ0v) is 13.3. The lowest BCUT2D eigenvalue weighted by Crippen LogP contribution is -2.30. The van der Waals surface area contributed by atoms with Crippen LogP contribution >= 0.6 is 0 Å². The molecule has 0 saturated carbocycles. The molecule has 1 aliphatic heterocycles. The Bertz CT molecular complexity index is 898. The number of carboxylic acids is 1. The molecule has 3 rings (SSSR count). The van der Waals surface area contributed by atoms with Gasteiger partial charge >= 0.3 is 5.97 Å². The van der Waals surface area contributed by atoms with Gasteiger partial charge in [0.1, 0.15) is 0 Å². The largest absolute Gasteiger partial charge is 0.478 e. The molecular formula is C19H15N3O3. The summed E-state index contributed by atoms with van der Waals surface area (Å²) >= 11 is 0. The maximum absolute atomic E-state index is 12.5. The summed E-state index contributed by atoms with van der Waals surface area (Å²) in [7, 11) is 0. The monoisotopic (exact) mass is 333 g/mol. The van der Waals surface area contributed by atoms with Gasteiger partial charge in [-0.1, -0.05) is 36.4 Å². The van der Waals surface area contributed by atoms with Gasteiger partial charge in [0.05, 0.1) is 17.5 Å². The summed E-state index contributed by atoms with van der Waals surface area (Å²) in [6, 6.07) is 13.6. The van der Waals surface area contributed by atoms with E-state index < -0.39 is 5.97 Å². The lowest BCUT2D eigenvalue weighted by Gasteiger charge is -2.13. The van der Waals surface area contributed by atoms with E-state index in [0.717, 1.165) is 11.3 Å². The Morgan fingerprint density at radius 3 is 2.56 bits per heavy atom. The standard InChI is InChI=1S/C19H15N3O3/c1-2-11-22-16-6-4-3-5-15(16)17(18(22)23)21-20-12-13-7-9-14(10-8-13)19(24)25/h2-10,12H,1,11H2,(H,24,25)/b20-12-,21-17-. The Labute approximate surface area is 144 Å². The van der Waals surface area contributed by atoms with E-state index in [1.54, 1.807) is 23.1 Å². The number of carboxylic acid groups (broad SMARTS) is 1. The van der Waals surface area contributed by atoms with Gasteiger partial charge in [0.25, 0.3) is 5.91 Å². The highest BCUT2D eigenvalue weighted by Gasteiger charge is 2.32. The predicted octanol–water partition coefficient (Wildman–Crippen LogP) is 2.74. The second-order valence-corrected chi connectivity index (χ2v) is 5.34. The average Bonchev–Trinajstić information content (AvgIpc) is 2.88. The number of anilines is 1. The molecule has 1 aliphatic rings. The van der Waals surface area contributed by atoms with E-state index in [1.807, 2.05) is 24.3 Å². The first kappa shape index (κ1) is 16.3. The van der Waals surface area contributed by atoms with Crippen molar-refractivity contribution in [2.75, 3.05) is 11.4 Å². The Balaban J connectivity index is 1.87. The number of amides is 1. The molecule has 0 fully saturated rings. The third kappa shape index (κ3) is 3.23. The number of hydrogen-bond donors (Lipinski definition) is 1. The van der Waals surface area contributed by atoms with Crippen LogP contribution in [0.1, 0.15) is 21.5 Å². The second kappa shape index (κ2) is 6.92. The molecule has 124 valence electrons. The van der Waals surface area contributed by atoms with Gasteiger partial charge in [-0.15, -0.1) is 11.7 Å². The Morgan fingerprint density at radius 2 is 1.88 bits per heavy atom. The van der Waals surface area contributed by atoms with Crippen molar-refractivity contribution in [2.24, 2.45) is 10.2 Å². The van der Waals surface area contributed by atoms with Crippen molar-refractivity contribution < 1.29 is 14.7 Å². The summed E-state index contributed by atoms with van der Waals surface area (Å²) in [6.07, 6.45) is 3.13. The van der Waals surface area contributed by atoms with Gasteiger partial charge in [-0.2, -0.15) is 5.10 Å². The van der Waals surface area contributed by atoms with Gasteiger partial charge in [-0.3, -0.25) is 4.79 Å². The van der Waals surface area contributed by atoms with E-state index in [1.165, 1.54) is 18.3 Å². The molecule has 1 amide bonds. The number of carbonyl (C=O) groups excluding carboxylic acids is 1. The lowest BCUT2D eigenvalue weighted by molar-refractivity contribution is -0.112. The van der Waals surface area contributed by atoms with Crippen LogP contribution in [0.2, 0.25) is 0 Å². The maximum atomic E-state index is 12.5. The van der Waals surface area contributed by atoms with Crippen LogP contribution in [0.4, 0.5) is 5.69 Å². The van der Waals surface area contributed by atoms with Gasteiger partial charge in [0, 0.05) is 12.1 Å². The minimum Gasteiger partial charge on any atom is -0.478 e. The van der Waals surface area contributed by atoms with Gasteiger partial charge in [0.2, 0.25) is 0 Å². The molecular weight excluding hydrogens is 318 g/mol. The zero-order chi connectivity index (χ0) is 17.8. The van der Waals surface area contributed by atoms with Crippen LogP contribution in [0.25, 0.3) is 0 Å². The first-order valence-corrected chi connectivity index (χ1v) is 7.58. The zero-order valence-electron chi connectivity index (χ0n) is 13.3. The molecule has 1 N–H and O–H groups in total. The average molecular weight is 333 g/mol. The Hall–Kier alpha value is -3.54.